The average molecular weight is 512 g/mol. The SMILES string of the molecule is Cc1cc(C2=NCC(c3cc(Cl)cc(Cl)c3)(C(F)(F)F)C2)ccc1C(=O)NCc1cscn1. The summed E-state index contributed by atoms with van der Waals surface area (Å²) in [5.74, 6) is -0.279. The maximum Gasteiger partial charge on any atom is 0.400 e. The highest BCUT2D eigenvalue weighted by molar-refractivity contribution is 7.07. The van der Waals surface area contributed by atoms with Crippen LogP contribution in [0.5, 0.6) is 0 Å². The lowest BCUT2D eigenvalue weighted by atomic mass is 9.76. The summed E-state index contributed by atoms with van der Waals surface area (Å²) in [7, 11) is 0. The number of thiazole rings is 1. The van der Waals surface area contributed by atoms with E-state index in [0.717, 1.165) is 5.69 Å². The number of halogens is 5. The number of hydrogen-bond donors (Lipinski definition) is 1. The number of aromatic nitrogens is 1. The fourth-order valence-electron chi connectivity index (χ4n) is 3.89. The molecule has 1 aliphatic rings. The molecule has 4 nitrogen and oxygen atoms in total. The number of carbonyl (C=O) groups is 1. The molecule has 172 valence electrons. The first-order valence-electron chi connectivity index (χ1n) is 9.92. The minimum Gasteiger partial charge on any atom is -0.346 e. The van der Waals surface area contributed by atoms with Crippen LogP contribution < -0.4 is 5.32 Å². The van der Waals surface area contributed by atoms with E-state index in [1.807, 2.05) is 5.38 Å². The topological polar surface area (TPSA) is 54.4 Å². The van der Waals surface area contributed by atoms with Crippen molar-refractivity contribution >= 4 is 46.2 Å². The van der Waals surface area contributed by atoms with Crippen molar-refractivity contribution in [3.8, 4) is 0 Å². The van der Waals surface area contributed by atoms with Gasteiger partial charge in [-0.3, -0.25) is 9.79 Å². The molecule has 2 heterocycles. The normalized spacial score (nSPS) is 18.3. The molecule has 0 fully saturated rings. The van der Waals surface area contributed by atoms with Crippen molar-refractivity contribution in [2.45, 2.75) is 31.5 Å². The highest BCUT2D eigenvalue weighted by Gasteiger charge is 2.58. The Balaban J connectivity index is 1.57. The summed E-state index contributed by atoms with van der Waals surface area (Å²) in [5, 5.41) is 4.91. The van der Waals surface area contributed by atoms with Crippen molar-refractivity contribution in [3.05, 3.63) is 85.3 Å². The highest BCUT2D eigenvalue weighted by atomic mass is 35.5. The molecule has 1 N–H and O–H groups in total. The fraction of sp³-hybridized carbons (Fsp3) is 0.261. The second kappa shape index (κ2) is 9.08. The Kier molecular flexibility index (Phi) is 6.53. The Hall–Kier alpha value is -2.42. The van der Waals surface area contributed by atoms with Crippen LogP contribution in [0.1, 0.15) is 39.2 Å². The molecule has 0 radical (unpaired) electrons. The van der Waals surface area contributed by atoms with Gasteiger partial charge in [-0.1, -0.05) is 29.3 Å². The van der Waals surface area contributed by atoms with Crippen LogP contribution >= 0.6 is 34.5 Å². The lowest BCUT2D eigenvalue weighted by Crippen LogP contribution is -2.43. The third kappa shape index (κ3) is 4.78. The maximum atomic E-state index is 14.3. The minimum absolute atomic E-state index is 0.0130. The van der Waals surface area contributed by atoms with E-state index in [-0.39, 0.29) is 27.9 Å². The van der Waals surface area contributed by atoms with Gasteiger partial charge in [0.2, 0.25) is 0 Å². The Labute approximate surface area is 202 Å². The molecular formula is C23H18Cl2F3N3OS. The zero-order valence-electron chi connectivity index (χ0n) is 17.3. The molecule has 1 unspecified atom stereocenters. The Morgan fingerprint density at radius 2 is 1.91 bits per heavy atom. The summed E-state index contributed by atoms with van der Waals surface area (Å²) in [6.45, 7) is 1.58. The summed E-state index contributed by atoms with van der Waals surface area (Å²) in [4.78, 5) is 20.9. The van der Waals surface area contributed by atoms with Crippen molar-refractivity contribution in [2.24, 2.45) is 4.99 Å². The number of nitrogens with zero attached hydrogens (tertiary/aromatic N) is 2. The third-order valence-corrected chi connectivity index (χ3v) is 6.76. The van der Waals surface area contributed by atoms with Gasteiger partial charge < -0.3 is 5.32 Å². The van der Waals surface area contributed by atoms with Gasteiger partial charge in [-0.05, 0) is 53.9 Å². The van der Waals surface area contributed by atoms with Gasteiger partial charge in [-0.25, -0.2) is 4.98 Å². The van der Waals surface area contributed by atoms with Gasteiger partial charge >= 0.3 is 6.18 Å². The summed E-state index contributed by atoms with van der Waals surface area (Å²) in [6.07, 6.45) is -4.90. The second-order valence-electron chi connectivity index (χ2n) is 7.87. The van der Waals surface area contributed by atoms with Crippen LogP contribution in [0.25, 0.3) is 0 Å². The molecule has 0 bridgehead atoms. The van der Waals surface area contributed by atoms with Crippen LogP contribution in [0, 0.1) is 6.92 Å². The Morgan fingerprint density at radius 3 is 2.52 bits per heavy atom. The van der Waals surface area contributed by atoms with Crippen LogP contribution in [0.4, 0.5) is 13.2 Å². The van der Waals surface area contributed by atoms with Gasteiger partial charge in [-0.2, -0.15) is 13.2 Å². The molecule has 0 saturated carbocycles. The van der Waals surface area contributed by atoms with E-state index in [2.05, 4.69) is 15.3 Å². The maximum absolute atomic E-state index is 14.3. The standard InChI is InChI=1S/C23H18Cl2F3N3OS/c1-13-4-14(2-3-19(13)21(32)29-9-18-10-33-12-31-18)20-8-22(11-30-20,23(26,27)28)15-5-16(24)7-17(25)6-15/h2-7,10,12H,8-9,11H2,1H3,(H,29,32). The van der Waals surface area contributed by atoms with Crippen molar-refractivity contribution in [2.75, 3.05) is 6.54 Å². The number of carbonyl (C=O) groups excluding carboxylic acids is 1. The summed E-state index contributed by atoms with van der Waals surface area (Å²) < 4.78 is 42.9. The van der Waals surface area contributed by atoms with E-state index in [9.17, 15) is 18.0 Å². The van der Waals surface area contributed by atoms with Gasteiger partial charge in [0.25, 0.3) is 5.91 Å². The van der Waals surface area contributed by atoms with Crippen molar-refractivity contribution in [3.63, 3.8) is 0 Å². The van der Waals surface area contributed by atoms with Crippen molar-refractivity contribution in [1.82, 2.24) is 10.3 Å². The van der Waals surface area contributed by atoms with Gasteiger partial charge in [-0.15, -0.1) is 11.3 Å². The predicted octanol–water partition coefficient (Wildman–Crippen LogP) is 6.38. The first-order valence-corrected chi connectivity index (χ1v) is 11.6. The largest absolute Gasteiger partial charge is 0.400 e. The minimum atomic E-state index is -4.56. The van der Waals surface area contributed by atoms with Crippen LogP contribution in [-0.2, 0) is 12.0 Å². The van der Waals surface area contributed by atoms with E-state index in [4.69, 9.17) is 23.2 Å². The summed E-state index contributed by atoms with van der Waals surface area (Å²) >= 11 is 13.4. The smallest absolute Gasteiger partial charge is 0.346 e. The molecule has 0 spiro atoms. The molecule has 10 heteroatoms. The van der Waals surface area contributed by atoms with Crippen molar-refractivity contribution < 1.29 is 18.0 Å². The van der Waals surface area contributed by atoms with E-state index < -0.39 is 18.1 Å². The molecule has 2 aromatic carbocycles. The number of amides is 1. The highest BCUT2D eigenvalue weighted by Crippen LogP contribution is 2.48. The molecule has 1 aliphatic heterocycles. The number of benzene rings is 2. The molecule has 1 atom stereocenters. The quantitative estimate of drug-likeness (QED) is 0.431. The van der Waals surface area contributed by atoms with Gasteiger partial charge in [0, 0.05) is 33.1 Å². The predicted molar refractivity (Wildman–Crippen MR) is 125 cm³/mol. The molecule has 0 saturated heterocycles. The van der Waals surface area contributed by atoms with Gasteiger partial charge in [0.15, 0.2) is 0 Å². The molecule has 0 aliphatic carbocycles. The lowest BCUT2D eigenvalue weighted by molar-refractivity contribution is -0.183. The van der Waals surface area contributed by atoms with E-state index in [0.29, 0.717) is 28.9 Å². The first kappa shape index (κ1) is 23.7. The monoisotopic (exact) mass is 511 g/mol. The number of alkyl halides is 3. The number of rotatable bonds is 5. The molecule has 1 aromatic heterocycles. The molecule has 33 heavy (non-hydrogen) atoms. The first-order chi connectivity index (χ1) is 15.6. The number of aryl methyl sites for hydroxylation is 1. The van der Waals surface area contributed by atoms with E-state index in [1.165, 1.54) is 29.5 Å². The molecule has 3 aromatic rings. The van der Waals surface area contributed by atoms with Crippen LogP contribution in [0.2, 0.25) is 10.0 Å². The zero-order chi connectivity index (χ0) is 23.8. The van der Waals surface area contributed by atoms with Crippen molar-refractivity contribution in [1.29, 1.82) is 0 Å². The van der Waals surface area contributed by atoms with E-state index >= 15 is 0 Å². The Bertz CT molecular complexity index is 1210. The average Bonchev–Trinajstić information content (AvgIpc) is 3.41. The molecule has 1 amide bonds. The summed E-state index contributed by atoms with van der Waals surface area (Å²) in [5.41, 5.74) is 2.16. The molecular weight excluding hydrogens is 494 g/mol. The lowest BCUT2D eigenvalue weighted by Gasteiger charge is -2.31. The zero-order valence-corrected chi connectivity index (χ0v) is 19.7. The van der Waals surface area contributed by atoms with Crippen LogP contribution in [0.15, 0.2) is 52.3 Å². The third-order valence-electron chi connectivity index (χ3n) is 5.68. The summed E-state index contributed by atoms with van der Waals surface area (Å²) in [6, 6.07) is 8.90. The molecule has 4 rings (SSSR count). The van der Waals surface area contributed by atoms with Crippen LogP contribution in [-0.4, -0.2) is 29.3 Å². The van der Waals surface area contributed by atoms with Gasteiger partial charge in [0.1, 0.15) is 5.41 Å². The number of nitrogens with one attached hydrogen (secondary N) is 1. The fourth-order valence-corrected chi connectivity index (χ4v) is 4.97. The number of aliphatic imine (C=N–C) groups is 1. The van der Waals surface area contributed by atoms with Gasteiger partial charge in [0.05, 0.1) is 24.3 Å². The van der Waals surface area contributed by atoms with E-state index in [1.54, 1.807) is 30.6 Å². The van der Waals surface area contributed by atoms with Crippen LogP contribution in [0.3, 0.4) is 0 Å². The number of hydrogen-bond acceptors (Lipinski definition) is 4. The Morgan fingerprint density at radius 1 is 1.18 bits per heavy atom. The second-order valence-corrected chi connectivity index (χ2v) is 9.46.